The molecule has 0 unspecified atom stereocenters. The molecule has 0 spiro atoms. The molecule has 0 saturated carbocycles. The topological polar surface area (TPSA) is 78.9 Å². The van der Waals surface area contributed by atoms with E-state index in [1.807, 2.05) is 0 Å². The average Bonchev–Trinajstić information content (AvgIpc) is 2.54. The number of carbonyl (C=O) groups excluding carboxylic acids is 1. The van der Waals surface area contributed by atoms with E-state index >= 15 is 0 Å². The second kappa shape index (κ2) is 7.21. The van der Waals surface area contributed by atoms with Gasteiger partial charge in [0.05, 0.1) is 0 Å². The molecule has 0 aliphatic heterocycles. The molecule has 122 valence electrons. The molecular formula is C17H12ClF2N3O. The van der Waals surface area contributed by atoms with Gasteiger partial charge in [0.1, 0.15) is 11.6 Å². The number of nitriles is 1. The quantitative estimate of drug-likeness (QED) is 0.500. The van der Waals surface area contributed by atoms with Crippen molar-refractivity contribution in [2.75, 3.05) is 5.32 Å². The van der Waals surface area contributed by atoms with Gasteiger partial charge in [-0.3, -0.25) is 10.5 Å². The van der Waals surface area contributed by atoms with Crippen LogP contribution in [0.1, 0.15) is 11.1 Å². The Morgan fingerprint density at radius 1 is 1.25 bits per heavy atom. The highest BCUT2D eigenvalue weighted by molar-refractivity contribution is 6.30. The molecular weight excluding hydrogens is 336 g/mol. The fourth-order valence-electron chi connectivity index (χ4n) is 1.88. The van der Waals surface area contributed by atoms with Gasteiger partial charge in [-0.05, 0) is 42.0 Å². The number of nitrogens with two attached hydrogens (primary N) is 1. The van der Waals surface area contributed by atoms with Crippen molar-refractivity contribution in [2.45, 2.75) is 6.05 Å². The number of hydrogen-bond acceptors (Lipinski definition) is 3. The number of halogens is 3. The van der Waals surface area contributed by atoms with Crippen LogP contribution >= 0.6 is 11.6 Å². The molecule has 3 N–H and O–H groups in total. The number of nitrogens with zero attached hydrogens (tertiary/aromatic N) is 1. The van der Waals surface area contributed by atoms with Gasteiger partial charge < -0.3 is 5.32 Å². The highest BCUT2D eigenvalue weighted by Gasteiger charge is 2.25. The molecule has 2 aromatic carbocycles. The normalized spacial score (nSPS) is 11.7. The Morgan fingerprint density at radius 2 is 1.92 bits per heavy atom. The summed E-state index contributed by atoms with van der Waals surface area (Å²) in [6.45, 7) is 0. The molecule has 4 nitrogen and oxygen atoms in total. The van der Waals surface area contributed by atoms with Crippen LogP contribution in [0.15, 0.2) is 54.1 Å². The minimum atomic E-state index is -3.50. The highest BCUT2D eigenvalue weighted by Crippen LogP contribution is 2.23. The van der Waals surface area contributed by atoms with Gasteiger partial charge >= 0.3 is 6.05 Å². The summed E-state index contributed by atoms with van der Waals surface area (Å²) in [4.78, 5) is 12.1. The second-order valence-electron chi connectivity index (χ2n) is 4.88. The molecule has 7 heteroatoms. The molecule has 0 aromatic heterocycles. The number of hydrogen-bond donors (Lipinski definition) is 2. The third kappa shape index (κ3) is 4.62. The Hall–Kier alpha value is -2.75. The molecule has 0 atom stereocenters. The molecule has 0 bridgehead atoms. The molecule has 2 rings (SSSR count). The monoisotopic (exact) mass is 347 g/mol. The third-order valence-electron chi connectivity index (χ3n) is 3.05. The Morgan fingerprint density at radius 3 is 2.50 bits per heavy atom. The lowest BCUT2D eigenvalue weighted by Crippen LogP contribution is -2.25. The van der Waals surface area contributed by atoms with E-state index in [1.54, 1.807) is 30.3 Å². The minimum Gasteiger partial charge on any atom is -0.321 e. The molecule has 0 radical (unpaired) electrons. The summed E-state index contributed by atoms with van der Waals surface area (Å²) in [5, 5.41) is 12.2. The van der Waals surface area contributed by atoms with E-state index in [9.17, 15) is 13.6 Å². The van der Waals surface area contributed by atoms with E-state index in [1.165, 1.54) is 18.2 Å². The van der Waals surface area contributed by atoms with Gasteiger partial charge in [-0.15, -0.1) is 0 Å². The van der Waals surface area contributed by atoms with Crippen LogP contribution in [0.25, 0.3) is 6.08 Å². The van der Waals surface area contributed by atoms with Gasteiger partial charge in [-0.25, -0.2) is 0 Å². The summed E-state index contributed by atoms with van der Waals surface area (Å²) in [6, 6.07) is 9.70. The van der Waals surface area contributed by atoms with Crippen LogP contribution in [-0.2, 0) is 10.8 Å². The molecule has 0 fully saturated rings. The smallest absolute Gasteiger partial charge is 0.321 e. The van der Waals surface area contributed by atoms with Crippen LogP contribution in [0, 0.1) is 11.3 Å². The molecule has 0 heterocycles. The van der Waals surface area contributed by atoms with Gasteiger partial charge in [0, 0.05) is 16.3 Å². The molecule has 0 aliphatic rings. The molecule has 1 amide bonds. The second-order valence-corrected chi connectivity index (χ2v) is 5.32. The molecule has 2 aromatic rings. The minimum absolute atomic E-state index is 0.234. The van der Waals surface area contributed by atoms with E-state index in [2.05, 4.69) is 5.32 Å². The lowest BCUT2D eigenvalue weighted by Gasteiger charge is -2.10. The summed E-state index contributed by atoms with van der Waals surface area (Å²) in [5.74, 6) is -0.662. The summed E-state index contributed by atoms with van der Waals surface area (Å²) < 4.78 is 26.3. The van der Waals surface area contributed by atoms with Crippen molar-refractivity contribution >= 4 is 29.3 Å². The van der Waals surface area contributed by atoms with Crippen LogP contribution in [0.3, 0.4) is 0 Å². The summed E-state index contributed by atoms with van der Waals surface area (Å²) in [6.07, 6.45) is 1.21. The van der Waals surface area contributed by atoms with Gasteiger partial charge in [0.15, 0.2) is 0 Å². The number of carbonyl (C=O) groups is 1. The number of nitrogens with one attached hydrogen (secondary N) is 1. The van der Waals surface area contributed by atoms with E-state index in [0.717, 1.165) is 12.1 Å². The van der Waals surface area contributed by atoms with Crippen molar-refractivity contribution in [3.05, 3.63) is 70.3 Å². The number of rotatable bonds is 4. The van der Waals surface area contributed by atoms with Crippen molar-refractivity contribution in [1.29, 1.82) is 5.26 Å². The maximum absolute atomic E-state index is 13.1. The van der Waals surface area contributed by atoms with Crippen LogP contribution in [0.5, 0.6) is 0 Å². The average molecular weight is 348 g/mol. The van der Waals surface area contributed by atoms with E-state index in [0.29, 0.717) is 10.7 Å². The lowest BCUT2D eigenvalue weighted by atomic mass is 10.1. The maximum Gasteiger partial charge on any atom is 0.326 e. The van der Waals surface area contributed by atoms with E-state index in [4.69, 9.17) is 22.6 Å². The van der Waals surface area contributed by atoms with Crippen LogP contribution < -0.4 is 11.1 Å². The molecule has 0 aliphatic carbocycles. The maximum atomic E-state index is 13.1. The first-order valence-corrected chi connectivity index (χ1v) is 7.13. The zero-order chi connectivity index (χ0) is 17.7. The summed E-state index contributed by atoms with van der Waals surface area (Å²) in [7, 11) is 0. The fourth-order valence-corrected chi connectivity index (χ4v) is 2.01. The zero-order valence-electron chi connectivity index (χ0n) is 12.3. The van der Waals surface area contributed by atoms with Crippen LogP contribution in [0.4, 0.5) is 14.5 Å². The summed E-state index contributed by atoms with van der Waals surface area (Å²) >= 11 is 5.75. The van der Waals surface area contributed by atoms with Crippen molar-refractivity contribution in [1.82, 2.24) is 0 Å². The Kier molecular flexibility index (Phi) is 5.29. The number of amides is 1. The zero-order valence-corrected chi connectivity index (χ0v) is 13.0. The first-order chi connectivity index (χ1) is 11.3. The Balaban J connectivity index is 2.24. The Labute approximate surface area is 142 Å². The van der Waals surface area contributed by atoms with Crippen molar-refractivity contribution < 1.29 is 13.6 Å². The standard InChI is InChI=1S/C17H12ClF2N3O/c18-14-4-6-15(7-5-14)23-16(24)12(10-21)8-11-2-1-3-13(9-11)17(19,20)22/h1-9H,22H2,(H,23,24)/b12-8+. The first-order valence-electron chi connectivity index (χ1n) is 6.75. The van der Waals surface area contributed by atoms with Crippen molar-refractivity contribution in [3.8, 4) is 6.07 Å². The van der Waals surface area contributed by atoms with Gasteiger partial charge in [-0.1, -0.05) is 29.8 Å². The van der Waals surface area contributed by atoms with Gasteiger partial charge in [-0.2, -0.15) is 14.0 Å². The SMILES string of the molecule is N#C/C(=C\c1cccc(C(N)(F)F)c1)C(=O)Nc1ccc(Cl)cc1. The first kappa shape index (κ1) is 17.6. The van der Waals surface area contributed by atoms with Crippen LogP contribution in [0.2, 0.25) is 5.02 Å². The number of benzene rings is 2. The highest BCUT2D eigenvalue weighted by atomic mass is 35.5. The third-order valence-corrected chi connectivity index (χ3v) is 3.30. The Bertz CT molecular complexity index is 821. The fraction of sp³-hybridized carbons (Fsp3) is 0.0588. The van der Waals surface area contributed by atoms with Crippen LogP contribution in [-0.4, -0.2) is 5.91 Å². The largest absolute Gasteiger partial charge is 0.326 e. The van der Waals surface area contributed by atoms with Gasteiger partial charge in [0.25, 0.3) is 5.91 Å². The summed E-state index contributed by atoms with van der Waals surface area (Å²) in [5.41, 5.74) is 4.83. The van der Waals surface area contributed by atoms with E-state index in [-0.39, 0.29) is 11.1 Å². The predicted octanol–water partition coefficient (Wildman–Crippen LogP) is 3.89. The number of anilines is 1. The predicted molar refractivity (Wildman–Crippen MR) is 88.2 cm³/mol. The van der Waals surface area contributed by atoms with Crippen molar-refractivity contribution in [2.24, 2.45) is 5.73 Å². The van der Waals surface area contributed by atoms with E-state index < -0.39 is 17.5 Å². The number of alkyl halides is 2. The van der Waals surface area contributed by atoms with Gasteiger partial charge in [0.2, 0.25) is 0 Å². The lowest BCUT2D eigenvalue weighted by molar-refractivity contribution is -0.112. The molecule has 0 saturated heterocycles. The van der Waals surface area contributed by atoms with Crippen molar-refractivity contribution in [3.63, 3.8) is 0 Å². The molecule has 24 heavy (non-hydrogen) atoms.